The number of methoxy groups -OCH3 is 2. The number of carbonyl (C=O) groups excluding carboxylic acids is 1. The number of ether oxygens (including phenoxy) is 3. The summed E-state index contributed by atoms with van der Waals surface area (Å²) >= 11 is 1.48. The fourth-order valence-electron chi connectivity index (χ4n) is 3.17. The molecule has 0 amide bonds. The van der Waals surface area contributed by atoms with E-state index in [1.54, 1.807) is 20.3 Å². The molecule has 152 valence electrons. The van der Waals surface area contributed by atoms with Crippen LogP contribution in [-0.2, 0) is 11.3 Å². The average molecular weight is 420 g/mol. The molecular formula is C23H20N2O4S. The van der Waals surface area contributed by atoms with Gasteiger partial charge in [-0.3, -0.25) is 4.98 Å². The summed E-state index contributed by atoms with van der Waals surface area (Å²) in [4.78, 5) is 21.8. The maximum absolute atomic E-state index is 12.7. The molecule has 0 aliphatic rings. The number of esters is 1. The molecule has 0 saturated carbocycles. The van der Waals surface area contributed by atoms with E-state index in [4.69, 9.17) is 14.2 Å². The van der Waals surface area contributed by atoms with E-state index in [2.05, 4.69) is 9.97 Å². The molecule has 2 heterocycles. The van der Waals surface area contributed by atoms with Crippen LogP contribution in [0, 0.1) is 6.92 Å². The van der Waals surface area contributed by atoms with Crippen LogP contribution < -0.4 is 9.47 Å². The van der Waals surface area contributed by atoms with Crippen molar-refractivity contribution in [1.29, 1.82) is 0 Å². The van der Waals surface area contributed by atoms with Gasteiger partial charge in [0.2, 0.25) is 0 Å². The van der Waals surface area contributed by atoms with Crippen LogP contribution in [-0.4, -0.2) is 30.2 Å². The Hall–Kier alpha value is -3.45. The summed E-state index contributed by atoms with van der Waals surface area (Å²) in [6.07, 6.45) is 0. The number of pyridine rings is 1. The Labute approximate surface area is 178 Å². The van der Waals surface area contributed by atoms with Crippen LogP contribution >= 0.6 is 11.3 Å². The monoisotopic (exact) mass is 420 g/mol. The maximum Gasteiger partial charge on any atom is 0.339 e. The van der Waals surface area contributed by atoms with E-state index in [1.165, 1.54) is 11.3 Å². The van der Waals surface area contributed by atoms with Crippen LogP contribution in [0.25, 0.3) is 21.5 Å². The Bertz CT molecular complexity index is 1220. The third-order valence-corrected chi connectivity index (χ3v) is 5.54. The zero-order valence-electron chi connectivity index (χ0n) is 16.8. The molecular weight excluding hydrogens is 400 g/mol. The van der Waals surface area contributed by atoms with Crippen molar-refractivity contribution >= 4 is 28.2 Å². The van der Waals surface area contributed by atoms with Crippen LogP contribution in [0.3, 0.4) is 0 Å². The summed E-state index contributed by atoms with van der Waals surface area (Å²) in [5.74, 6) is 0.905. The van der Waals surface area contributed by atoms with Gasteiger partial charge >= 0.3 is 5.97 Å². The molecule has 4 aromatic rings. The lowest BCUT2D eigenvalue weighted by atomic mass is 10.1. The van der Waals surface area contributed by atoms with Crippen LogP contribution in [0.5, 0.6) is 11.5 Å². The Morgan fingerprint density at radius 2 is 1.80 bits per heavy atom. The fraction of sp³-hybridized carbons (Fsp3) is 0.174. The van der Waals surface area contributed by atoms with Crippen molar-refractivity contribution in [2.45, 2.75) is 13.5 Å². The Morgan fingerprint density at radius 3 is 2.60 bits per heavy atom. The van der Waals surface area contributed by atoms with E-state index in [9.17, 15) is 4.79 Å². The van der Waals surface area contributed by atoms with Gasteiger partial charge in [-0.2, -0.15) is 0 Å². The van der Waals surface area contributed by atoms with Crippen molar-refractivity contribution in [2.24, 2.45) is 0 Å². The van der Waals surface area contributed by atoms with Crippen molar-refractivity contribution in [3.63, 3.8) is 0 Å². The number of hydrogen-bond donors (Lipinski definition) is 0. The van der Waals surface area contributed by atoms with Crippen molar-refractivity contribution < 1.29 is 19.0 Å². The zero-order chi connectivity index (χ0) is 21.1. The zero-order valence-corrected chi connectivity index (χ0v) is 17.7. The van der Waals surface area contributed by atoms with Gasteiger partial charge in [0.25, 0.3) is 0 Å². The number of thiazole rings is 1. The summed E-state index contributed by atoms with van der Waals surface area (Å²) in [7, 11) is 3.19. The van der Waals surface area contributed by atoms with Gasteiger partial charge in [-0.05, 0) is 37.3 Å². The number of aromatic nitrogens is 2. The van der Waals surface area contributed by atoms with Crippen LogP contribution in [0.1, 0.15) is 21.7 Å². The lowest BCUT2D eigenvalue weighted by molar-refractivity contribution is 0.0470. The standard InChI is InChI=1S/C23H20N2O4S/c1-14-10-18(17-6-4-5-7-19(17)24-14)23(26)29-12-16-13-30-22(25-16)15-8-9-20(27-2)21(11-15)28-3/h4-11,13H,12H2,1-3H3. The molecule has 0 fully saturated rings. The lowest BCUT2D eigenvalue weighted by Gasteiger charge is -2.08. The van der Waals surface area contributed by atoms with Gasteiger partial charge in [0, 0.05) is 22.0 Å². The number of benzene rings is 2. The van der Waals surface area contributed by atoms with Gasteiger partial charge in [0.15, 0.2) is 11.5 Å². The summed E-state index contributed by atoms with van der Waals surface area (Å²) in [6, 6.07) is 14.9. The second-order valence-electron chi connectivity index (χ2n) is 6.62. The summed E-state index contributed by atoms with van der Waals surface area (Å²) in [5, 5.41) is 3.47. The fourth-order valence-corrected chi connectivity index (χ4v) is 3.97. The van der Waals surface area contributed by atoms with E-state index in [-0.39, 0.29) is 6.61 Å². The number of aryl methyl sites for hydroxylation is 1. The summed E-state index contributed by atoms with van der Waals surface area (Å²) in [6.45, 7) is 1.96. The normalized spacial score (nSPS) is 10.8. The van der Waals surface area contributed by atoms with Crippen molar-refractivity contribution in [3.05, 3.63) is 70.9 Å². The molecule has 2 aromatic carbocycles. The quantitative estimate of drug-likeness (QED) is 0.407. The molecule has 0 saturated heterocycles. The Balaban J connectivity index is 1.51. The first-order valence-electron chi connectivity index (χ1n) is 9.29. The van der Waals surface area contributed by atoms with E-state index in [0.29, 0.717) is 22.8 Å². The lowest BCUT2D eigenvalue weighted by Crippen LogP contribution is -2.07. The topological polar surface area (TPSA) is 70.5 Å². The third-order valence-electron chi connectivity index (χ3n) is 4.60. The molecule has 0 aliphatic carbocycles. The molecule has 7 heteroatoms. The molecule has 0 bridgehead atoms. The van der Waals surface area contributed by atoms with E-state index < -0.39 is 5.97 Å². The van der Waals surface area contributed by atoms with Crippen LogP contribution in [0.2, 0.25) is 0 Å². The van der Waals surface area contributed by atoms with Gasteiger partial charge in [-0.15, -0.1) is 11.3 Å². The molecule has 0 atom stereocenters. The minimum atomic E-state index is -0.391. The number of nitrogens with zero attached hydrogens (tertiary/aromatic N) is 2. The maximum atomic E-state index is 12.7. The number of carbonyl (C=O) groups is 1. The third kappa shape index (κ3) is 3.97. The largest absolute Gasteiger partial charge is 0.493 e. The molecule has 0 spiro atoms. The first kappa shape index (κ1) is 19.8. The van der Waals surface area contributed by atoms with Gasteiger partial charge in [-0.25, -0.2) is 9.78 Å². The van der Waals surface area contributed by atoms with Gasteiger partial charge in [0.1, 0.15) is 11.6 Å². The summed E-state index contributed by atoms with van der Waals surface area (Å²) in [5.41, 5.74) is 3.64. The number of para-hydroxylation sites is 1. The SMILES string of the molecule is COc1ccc(-c2nc(COC(=O)c3cc(C)nc4ccccc34)cs2)cc1OC. The first-order valence-corrected chi connectivity index (χ1v) is 10.2. The van der Waals surface area contributed by atoms with Gasteiger partial charge < -0.3 is 14.2 Å². The number of fused-ring (bicyclic) bond motifs is 1. The van der Waals surface area contributed by atoms with E-state index >= 15 is 0 Å². The van der Waals surface area contributed by atoms with Crippen LogP contribution in [0.4, 0.5) is 0 Å². The molecule has 6 nitrogen and oxygen atoms in total. The Kier molecular flexibility index (Phi) is 5.63. The van der Waals surface area contributed by atoms with Crippen molar-refractivity contribution in [1.82, 2.24) is 9.97 Å². The number of rotatable bonds is 6. The Morgan fingerprint density at radius 1 is 1.00 bits per heavy atom. The molecule has 4 rings (SSSR count). The molecule has 2 aromatic heterocycles. The van der Waals surface area contributed by atoms with Crippen LogP contribution in [0.15, 0.2) is 53.9 Å². The second kappa shape index (κ2) is 8.51. The highest BCUT2D eigenvalue weighted by molar-refractivity contribution is 7.13. The van der Waals surface area contributed by atoms with Gasteiger partial charge in [-0.1, -0.05) is 18.2 Å². The summed E-state index contributed by atoms with van der Waals surface area (Å²) < 4.78 is 16.2. The van der Waals surface area contributed by atoms with Crippen molar-refractivity contribution in [3.8, 4) is 22.1 Å². The van der Waals surface area contributed by atoms with E-state index in [1.807, 2.05) is 54.8 Å². The highest BCUT2D eigenvalue weighted by atomic mass is 32.1. The van der Waals surface area contributed by atoms with Crippen molar-refractivity contribution in [2.75, 3.05) is 14.2 Å². The van der Waals surface area contributed by atoms with E-state index in [0.717, 1.165) is 27.2 Å². The highest BCUT2D eigenvalue weighted by Crippen LogP contribution is 2.33. The highest BCUT2D eigenvalue weighted by Gasteiger charge is 2.15. The molecule has 0 aliphatic heterocycles. The van der Waals surface area contributed by atoms with Gasteiger partial charge in [0.05, 0.1) is 31.0 Å². The predicted octanol–water partition coefficient (Wildman–Crippen LogP) is 5.04. The smallest absolute Gasteiger partial charge is 0.339 e. The molecule has 0 N–H and O–H groups in total. The minimum Gasteiger partial charge on any atom is -0.493 e. The minimum absolute atomic E-state index is 0.0956. The second-order valence-corrected chi connectivity index (χ2v) is 7.48. The predicted molar refractivity (Wildman–Crippen MR) is 116 cm³/mol. The molecule has 0 unspecified atom stereocenters. The molecule has 0 radical (unpaired) electrons. The first-order chi connectivity index (χ1) is 14.6. The molecule has 30 heavy (non-hydrogen) atoms. The average Bonchev–Trinajstić information content (AvgIpc) is 3.25. The number of hydrogen-bond acceptors (Lipinski definition) is 7.